The van der Waals surface area contributed by atoms with Crippen LogP contribution in [0, 0.1) is 11.8 Å². The van der Waals surface area contributed by atoms with Crippen molar-refractivity contribution < 1.29 is 9.53 Å². The summed E-state index contributed by atoms with van der Waals surface area (Å²) in [6.07, 6.45) is 0. The van der Waals surface area contributed by atoms with Crippen LogP contribution >= 0.6 is 0 Å². The van der Waals surface area contributed by atoms with Crippen molar-refractivity contribution in [3.05, 3.63) is 0 Å². The van der Waals surface area contributed by atoms with Crippen molar-refractivity contribution in [3.8, 4) is 0 Å². The van der Waals surface area contributed by atoms with E-state index in [0.29, 0.717) is 11.8 Å². The highest BCUT2D eigenvalue weighted by Crippen LogP contribution is 2.15. The summed E-state index contributed by atoms with van der Waals surface area (Å²) in [6.45, 7) is 13.7. The molecule has 0 aromatic rings. The molecule has 96 valence electrons. The Hall–Kier alpha value is -0.570. The molecule has 1 amide bonds. The fourth-order valence-corrected chi connectivity index (χ4v) is 1.59. The van der Waals surface area contributed by atoms with E-state index in [4.69, 9.17) is 4.74 Å². The first-order valence-corrected chi connectivity index (χ1v) is 6.05. The lowest BCUT2D eigenvalue weighted by Crippen LogP contribution is -2.48. The molecule has 0 unspecified atom stereocenters. The van der Waals surface area contributed by atoms with Crippen LogP contribution in [0.5, 0.6) is 0 Å². The molecule has 0 radical (unpaired) electrons. The second-order valence-corrected chi connectivity index (χ2v) is 5.71. The number of carbonyl (C=O) groups is 1. The summed E-state index contributed by atoms with van der Waals surface area (Å²) in [5, 5.41) is 0. The van der Waals surface area contributed by atoms with Gasteiger partial charge in [-0.15, -0.1) is 0 Å². The van der Waals surface area contributed by atoms with Gasteiger partial charge in [-0.25, -0.2) is 0 Å². The fourth-order valence-electron chi connectivity index (χ4n) is 1.59. The smallest absolute Gasteiger partial charge is 0.254 e. The third kappa shape index (κ3) is 4.97. The molecule has 0 saturated heterocycles. The van der Waals surface area contributed by atoms with E-state index >= 15 is 0 Å². The van der Waals surface area contributed by atoms with E-state index in [-0.39, 0.29) is 5.91 Å². The van der Waals surface area contributed by atoms with Gasteiger partial charge in [0.15, 0.2) is 0 Å². The van der Waals surface area contributed by atoms with Gasteiger partial charge in [-0.3, -0.25) is 4.79 Å². The fraction of sp³-hybridized carbons (Fsp3) is 0.923. The quantitative estimate of drug-likeness (QED) is 0.700. The van der Waals surface area contributed by atoms with Crippen molar-refractivity contribution in [2.24, 2.45) is 11.8 Å². The highest BCUT2D eigenvalue weighted by atomic mass is 16.5. The van der Waals surface area contributed by atoms with Crippen LogP contribution in [0.1, 0.15) is 41.5 Å². The molecule has 0 rings (SSSR count). The van der Waals surface area contributed by atoms with Crippen LogP contribution < -0.4 is 0 Å². The largest absolute Gasteiger partial charge is 0.369 e. The number of hydrogen-bond acceptors (Lipinski definition) is 2. The van der Waals surface area contributed by atoms with E-state index in [0.717, 1.165) is 13.1 Å². The molecule has 0 aromatic heterocycles. The van der Waals surface area contributed by atoms with Crippen LogP contribution in [-0.4, -0.2) is 36.6 Å². The lowest BCUT2D eigenvalue weighted by Gasteiger charge is -2.33. The van der Waals surface area contributed by atoms with E-state index < -0.39 is 5.60 Å². The molecule has 0 aliphatic heterocycles. The van der Waals surface area contributed by atoms with Crippen molar-refractivity contribution in [1.82, 2.24) is 4.90 Å². The summed E-state index contributed by atoms with van der Waals surface area (Å²) >= 11 is 0. The maximum Gasteiger partial charge on any atom is 0.254 e. The van der Waals surface area contributed by atoms with Crippen LogP contribution in [0.3, 0.4) is 0 Å². The Morgan fingerprint density at radius 1 is 1.12 bits per heavy atom. The van der Waals surface area contributed by atoms with Gasteiger partial charge < -0.3 is 9.64 Å². The van der Waals surface area contributed by atoms with Gasteiger partial charge in [0.1, 0.15) is 5.60 Å². The number of amides is 1. The predicted molar refractivity (Wildman–Crippen MR) is 67.3 cm³/mol. The van der Waals surface area contributed by atoms with Gasteiger partial charge in [0.2, 0.25) is 0 Å². The molecule has 0 bridgehead atoms. The summed E-state index contributed by atoms with van der Waals surface area (Å²) in [5.74, 6) is 1.04. The summed E-state index contributed by atoms with van der Waals surface area (Å²) in [6, 6.07) is 0. The molecule has 0 aliphatic carbocycles. The highest BCUT2D eigenvalue weighted by Gasteiger charge is 2.32. The van der Waals surface area contributed by atoms with Crippen LogP contribution in [0.4, 0.5) is 0 Å². The van der Waals surface area contributed by atoms with Gasteiger partial charge >= 0.3 is 0 Å². The maximum atomic E-state index is 12.3. The topological polar surface area (TPSA) is 29.5 Å². The van der Waals surface area contributed by atoms with Crippen molar-refractivity contribution >= 4 is 5.91 Å². The Kier molecular flexibility index (Phi) is 6.01. The third-order valence-electron chi connectivity index (χ3n) is 2.48. The summed E-state index contributed by atoms with van der Waals surface area (Å²) in [4.78, 5) is 14.2. The SMILES string of the molecule is COC(C)(C)C(=O)N(CC(C)C)CC(C)C. The second-order valence-electron chi connectivity index (χ2n) is 5.71. The summed E-state index contributed by atoms with van der Waals surface area (Å²) < 4.78 is 5.25. The first-order chi connectivity index (χ1) is 7.20. The monoisotopic (exact) mass is 229 g/mol. The van der Waals surface area contributed by atoms with Crippen LogP contribution in [-0.2, 0) is 9.53 Å². The normalized spacial score (nSPS) is 12.3. The Labute approximate surface area is 100 Å². The van der Waals surface area contributed by atoms with Crippen molar-refractivity contribution in [1.29, 1.82) is 0 Å². The van der Waals surface area contributed by atoms with Gasteiger partial charge in [0.05, 0.1) is 0 Å². The Morgan fingerprint density at radius 2 is 1.50 bits per heavy atom. The minimum atomic E-state index is -0.718. The first kappa shape index (κ1) is 15.4. The number of carbonyl (C=O) groups excluding carboxylic acids is 1. The van der Waals surface area contributed by atoms with Crippen molar-refractivity contribution in [3.63, 3.8) is 0 Å². The Bertz CT molecular complexity index is 212. The molecule has 0 fully saturated rings. The number of ether oxygens (including phenoxy) is 1. The standard InChI is InChI=1S/C13H27NO2/c1-10(2)8-14(9-11(3)4)12(15)13(5,6)16-7/h10-11H,8-9H2,1-7H3. The van der Waals surface area contributed by atoms with Crippen LogP contribution in [0.25, 0.3) is 0 Å². The van der Waals surface area contributed by atoms with Crippen LogP contribution in [0.15, 0.2) is 0 Å². The summed E-state index contributed by atoms with van der Waals surface area (Å²) in [5.41, 5.74) is -0.718. The van der Waals surface area contributed by atoms with Gasteiger partial charge in [-0.2, -0.15) is 0 Å². The predicted octanol–water partition coefficient (Wildman–Crippen LogP) is 2.55. The number of nitrogens with zero attached hydrogens (tertiary/aromatic N) is 1. The third-order valence-corrected chi connectivity index (χ3v) is 2.48. The van der Waals surface area contributed by atoms with Crippen molar-refractivity contribution in [2.75, 3.05) is 20.2 Å². The molecule has 16 heavy (non-hydrogen) atoms. The van der Waals surface area contributed by atoms with E-state index in [1.807, 2.05) is 18.7 Å². The molecule has 0 spiro atoms. The van der Waals surface area contributed by atoms with Gasteiger partial charge in [-0.1, -0.05) is 27.7 Å². The van der Waals surface area contributed by atoms with E-state index in [1.54, 1.807) is 7.11 Å². The summed E-state index contributed by atoms with van der Waals surface area (Å²) in [7, 11) is 1.58. The second kappa shape index (κ2) is 6.24. The molecular formula is C13H27NO2. The lowest BCUT2D eigenvalue weighted by atomic mass is 10.0. The minimum absolute atomic E-state index is 0.0809. The minimum Gasteiger partial charge on any atom is -0.369 e. The van der Waals surface area contributed by atoms with Gasteiger partial charge in [-0.05, 0) is 25.7 Å². The van der Waals surface area contributed by atoms with E-state index in [9.17, 15) is 4.79 Å². The molecule has 0 aliphatic rings. The Morgan fingerprint density at radius 3 is 1.75 bits per heavy atom. The molecule has 0 atom stereocenters. The maximum absolute atomic E-state index is 12.3. The van der Waals surface area contributed by atoms with Crippen molar-refractivity contribution in [2.45, 2.75) is 47.1 Å². The highest BCUT2D eigenvalue weighted by molar-refractivity contribution is 5.84. The first-order valence-electron chi connectivity index (χ1n) is 6.05. The average molecular weight is 229 g/mol. The molecule has 0 heterocycles. The lowest BCUT2D eigenvalue weighted by molar-refractivity contribution is -0.152. The Balaban J connectivity index is 4.68. The molecule has 0 N–H and O–H groups in total. The molecule has 3 heteroatoms. The molecular weight excluding hydrogens is 202 g/mol. The van der Waals surface area contributed by atoms with Gasteiger partial charge in [0, 0.05) is 20.2 Å². The van der Waals surface area contributed by atoms with E-state index in [1.165, 1.54) is 0 Å². The molecule has 3 nitrogen and oxygen atoms in total. The molecule has 0 saturated carbocycles. The van der Waals surface area contributed by atoms with E-state index in [2.05, 4.69) is 27.7 Å². The van der Waals surface area contributed by atoms with Crippen LogP contribution in [0.2, 0.25) is 0 Å². The van der Waals surface area contributed by atoms with Gasteiger partial charge in [0.25, 0.3) is 5.91 Å². The number of methoxy groups -OCH3 is 1. The number of rotatable bonds is 6. The number of hydrogen-bond donors (Lipinski definition) is 0. The zero-order chi connectivity index (χ0) is 12.9. The average Bonchev–Trinajstić information content (AvgIpc) is 2.14. The zero-order valence-electron chi connectivity index (χ0n) is 11.8. The zero-order valence-corrected chi connectivity index (χ0v) is 11.8. The molecule has 0 aromatic carbocycles.